The van der Waals surface area contributed by atoms with Gasteiger partial charge in [-0.3, -0.25) is 9.59 Å². The summed E-state index contributed by atoms with van der Waals surface area (Å²) in [6, 6.07) is 7.83. The average molecular weight is 403 g/mol. The summed E-state index contributed by atoms with van der Waals surface area (Å²) in [6.45, 7) is 4.88. The number of benzene rings is 1. The van der Waals surface area contributed by atoms with Gasteiger partial charge in [0, 0.05) is 43.1 Å². The van der Waals surface area contributed by atoms with Crippen LogP contribution in [0.1, 0.15) is 13.3 Å². The Bertz CT molecular complexity index is 598. The van der Waals surface area contributed by atoms with Gasteiger partial charge < -0.3 is 15.1 Å². The van der Waals surface area contributed by atoms with Crippen LogP contribution in [0.5, 0.6) is 0 Å². The number of carbonyl (C=O) groups is 2. The first-order valence-electron chi connectivity index (χ1n) is 7.64. The first kappa shape index (κ1) is 18.2. The Morgan fingerprint density at radius 1 is 1.35 bits per heavy atom. The van der Waals surface area contributed by atoms with E-state index in [4.69, 9.17) is 0 Å². The van der Waals surface area contributed by atoms with Gasteiger partial charge in [-0.25, -0.2) is 0 Å². The molecule has 2 heterocycles. The largest absolute Gasteiger partial charge is 0.337 e. The molecule has 2 aliphatic heterocycles. The van der Waals surface area contributed by atoms with Crippen LogP contribution in [-0.4, -0.2) is 48.9 Å². The van der Waals surface area contributed by atoms with Crippen molar-refractivity contribution in [2.45, 2.75) is 19.4 Å². The fraction of sp³-hybridized carbons (Fsp3) is 0.500. The van der Waals surface area contributed by atoms with Gasteiger partial charge in [-0.1, -0.05) is 12.1 Å². The number of nitrogens with one attached hydrogen (secondary N) is 1. The van der Waals surface area contributed by atoms with Gasteiger partial charge >= 0.3 is 0 Å². The number of halogens is 2. The molecule has 0 radical (unpaired) electrons. The summed E-state index contributed by atoms with van der Waals surface area (Å²) in [6.07, 6.45) is 0.302. The number of hydrogen-bond donors (Lipinski definition) is 1. The minimum absolute atomic E-state index is 0. The van der Waals surface area contributed by atoms with Crippen molar-refractivity contribution in [1.82, 2.24) is 10.2 Å². The molecule has 2 atom stereocenters. The number of carbonyl (C=O) groups excluding carboxylic acids is 2. The molecular weight excluding hydrogens is 382 g/mol. The number of anilines is 1. The third-order valence-electron chi connectivity index (χ3n) is 4.40. The second kappa shape index (κ2) is 7.64. The first-order chi connectivity index (χ1) is 10.6. The zero-order valence-corrected chi connectivity index (χ0v) is 15.4. The van der Waals surface area contributed by atoms with E-state index in [0.29, 0.717) is 13.0 Å². The summed E-state index contributed by atoms with van der Waals surface area (Å²) >= 11 is 3.48. The fourth-order valence-electron chi connectivity index (χ4n) is 3.18. The summed E-state index contributed by atoms with van der Waals surface area (Å²) in [5, 5.41) is 3.28. The lowest BCUT2D eigenvalue weighted by Gasteiger charge is -2.35. The van der Waals surface area contributed by atoms with E-state index in [9.17, 15) is 9.59 Å². The average Bonchev–Trinajstić information content (AvgIpc) is 2.89. The van der Waals surface area contributed by atoms with Crippen molar-refractivity contribution in [2.75, 3.05) is 31.1 Å². The molecule has 1 aromatic carbocycles. The van der Waals surface area contributed by atoms with Gasteiger partial charge in [0.25, 0.3) is 0 Å². The second-order valence-electron chi connectivity index (χ2n) is 5.94. The molecule has 1 aromatic rings. The molecule has 23 heavy (non-hydrogen) atoms. The Hall–Kier alpha value is -1.11. The van der Waals surface area contributed by atoms with Gasteiger partial charge in [0.2, 0.25) is 11.8 Å². The molecule has 1 unspecified atom stereocenters. The molecule has 1 N–H and O–H groups in total. The molecule has 7 heteroatoms. The number of rotatable bonds is 2. The highest BCUT2D eigenvalue weighted by atomic mass is 79.9. The third kappa shape index (κ3) is 3.70. The van der Waals surface area contributed by atoms with Gasteiger partial charge in [0.1, 0.15) is 0 Å². The van der Waals surface area contributed by atoms with Crippen molar-refractivity contribution in [3.63, 3.8) is 0 Å². The zero-order valence-electron chi connectivity index (χ0n) is 13.0. The number of piperazine rings is 1. The molecule has 2 aliphatic rings. The van der Waals surface area contributed by atoms with E-state index in [1.807, 2.05) is 36.1 Å². The Labute approximate surface area is 150 Å². The van der Waals surface area contributed by atoms with E-state index in [-0.39, 0.29) is 36.2 Å². The summed E-state index contributed by atoms with van der Waals surface area (Å²) in [7, 11) is 0. The van der Waals surface area contributed by atoms with Crippen molar-refractivity contribution >= 4 is 45.8 Å². The van der Waals surface area contributed by atoms with E-state index in [1.165, 1.54) is 0 Å². The van der Waals surface area contributed by atoms with Gasteiger partial charge in [-0.05, 0) is 35.0 Å². The van der Waals surface area contributed by atoms with E-state index < -0.39 is 0 Å². The van der Waals surface area contributed by atoms with Gasteiger partial charge in [0.05, 0.1) is 11.6 Å². The van der Waals surface area contributed by atoms with Gasteiger partial charge in [-0.15, -0.1) is 12.4 Å². The van der Waals surface area contributed by atoms with Crippen molar-refractivity contribution in [3.05, 3.63) is 28.7 Å². The normalized spacial score (nSPS) is 24.5. The van der Waals surface area contributed by atoms with Crippen LogP contribution >= 0.6 is 28.3 Å². The second-order valence-corrected chi connectivity index (χ2v) is 6.80. The van der Waals surface area contributed by atoms with Crippen molar-refractivity contribution in [3.8, 4) is 0 Å². The number of amides is 2. The highest BCUT2D eigenvalue weighted by Gasteiger charge is 2.39. The first-order valence-corrected chi connectivity index (χ1v) is 8.43. The Balaban J connectivity index is 0.00000192. The Kier molecular flexibility index (Phi) is 6.06. The summed E-state index contributed by atoms with van der Waals surface area (Å²) in [5.74, 6) is -0.106. The van der Waals surface area contributed by atoms with Crippen LogP contribution in [0.3, 0.4) is 0 Å². The molecule has 5 nitrogen and oxygen atoms in total. The highest BCUT2D eigenvalue weighted by Crippen LogP contribution is 2.32. The van der Waals surface area contributed by atoms with Crippen molar-refractivity contribution in [1.29, 1.82) is 0 Å². The minimum atomic E-state index is -0.236. The summed E-state index contributed by atoms with van der Waals surface area (Å²) in [4.78, 5) is 28.7. The van der Waals surface area contributed by atoms with E-state index in [2.05, 4.69) is 21.2 Å². The van der Waals surface area contributed by atoms with Gasteiger partial charge in [0.15, 0.2) is 0 Å². The lowest BCUT2D eigenvalue weighted by atomic mass is 10.1. The maximum absolute atomic E-state index is 12.7. The minimum Gasteiger partial charge on any atom is -0.337 e. The summed E-state index contributed by atoms with van der Waals surface area (Å²) in [5.41, 5.74) is 0.844. The quantitative estimate of drug-likeness (QED) is 0.824. The standard InChI is InChI=1S/C16H20BrN3O2.ClH/c1-11-9-18-6-7-19(11)16(22)12-8-15(21)20(10-12)14-5-3-2-4-13(14)17;/h2-5,11-12,18H,6-10H2,1H3;1H/t11-,12?;/m1./s1. The number of para-hydroxylation sites is 1. The number of nitrogens with zero attached hydrogens (tertiary/aromatic N) is 2. The molecule has 0 aliphatic carbocycles. The van der Waals surface area contributed by atoms with Gasteiger partial charge in [-0.2, -0.15) is 0 Å². The molecule has 0 saturated carbocycles. The molecule has 0 spiro atoms. The molecule has 3 rings (SSSR count). The Morgan fingerprint density at radius 2 is 2.09 bits per heavy atom. The van der Waals surface area contributed by atoms with Crippen LogP contribution in [0.25, 0.3) is 0 Å². The fourth-order valence-corrected chi connectivity index (χ4v) is 3.68. The predicted octanol–water partition coefficient (Wildman–Crippen LogP) is 2.04. The zero-order chi connectivity index (χ0) is 15.7. The number of hydrogen-bond acceptors (Lipinski definition) is 3. The van der Waals surface area contributed by atoms with Crippen LogP contribution in [0.15, 0.2) is 28.7 Å². The highest BCUT2D eigenvalue weighted by molar-refractivity contribution is 9.10. The van der Waals surface area contributed by atoms with E-state index >= 15 is 0 Å². The summed E-state index contributed by atoms with van der Waals surface area (Å²) < 4.78 is 0.881. The smallest absolute Gasteiger partial charge is 0.228 e. The lowest BCUT2D eigenvalue weighted by Crippen LogP contribution is -2.54. The Morgan fingerprint density at radius 3 is 2.78 bits per heavy atom. The maximum Gasteiger partial charge on any atom is 0.228 e. The molecule has 126 valence electrons. The molecule has 2 saturated heterocycles. The van der Waals surface area contributed by atoms with Crippen LogP contribution in [-0.2, 0) is 9.59 Å². The van der Waals surface area contributed by atoms with E-state index in [1.54, 1.807) is 4.90 Å². The third-order valence-corrected chi connectivity index (χ3v) is 5.07. The van der Waals surface area contributed by atoms with Crippen LogP contribution in [0, 0.1) is 5.92 Å². The lowest BCUT2D eigenvalue weighted by molar-refractivity contribution is -0.138. The van der Waals surface area contributed by atoms with Crippen LogP contribution < -0.4 is 10.2 Å². The van der Waals surface area contributed by atoms with Crippen LogP contribution in [0.2, 0.25) is 0 Å². The molecule has 0 aromatic heterocycles. The molecular formula is C16H21BrClN3O2. The maximum atomic E-state index is 12.7. The van der Waals surface area contributed by atoms with Crippen LogP contribution in [0.4, 0.5) is 5.69 Å². The molecule has 2 fully saturated rings. The topological polar surface area (TPSA) is 52.7 Å². The SMILES string of the molecule is C[C@@H]1CNCCN1C(=O)C1CC(=O)N(c2ccccc2Br)C1.Cl. The monoisotopic (exact) mass is 401 g/mol. The van der Waals surface area contributed by atoms with E-state index in [0.717, 1.165) is 29.8 Å². The van der Waals surface area contributed by atoms with Crippen molar-refractivity contribution < 1.29 is 9.59 Å². The molecule has 0 bridgehead atoms. The molecule has 2 amide bonds. The predicted molar refractivity (Wildman–Crippen MR) is 95.9 cm³/mol. The van der Waals surface area contributed by atoms with Crippen molar-refractivity contribution in [2.24, 2.45) is 5.92 Å².